The Morgan fingerprint density at radius 2 is 1.78 bits per heavy atom. The SMILES string of the molecule is CN(C)C1C2CCC(C2)C1Oc1ccc(N)cc1. The van der Waals surface area contributed by atoms with E-state index in [4.69, 9.17) is 10.5 Å². The molecule has 4 atom stereocenters. The fourth-order valence-corrected chi connectivity index (χ4v) is 3.79. The van der Waals surface area contributed by atoms with Crippen LogP contribution in [0.1, 0.15) is 19.3 Å². The van der Waals surface area contributed by atoms with Gasteiger partial charge < -0.3 is 15.4 Å². The van der Waals surface area contributed by atoms with Gasteiger partial charge in [-0.2, -0.15) is 0 Å². The van der Waals surface area contributed by atoms with Crippen molar-refractivity contribution in [3.05, 3.63) is 24.3 Å². The molecular weight excluding hydrogens is 224 g/mol. The van der Waals surface area contributed by atoms with E-state index < -0.39 is 0 Å². The van der Waals surface area contributed by atoms with Crippen LogP contribution in [-0.4, -0.2) is 31.1 Å². The molecule has 2 bridgehead atoms. The van der Waals surface area contributed by atoms with Gasteiger partial charge in [0, 0.05) is 11.7 Å². The van der Waals surface area contributed by atoms with Crippen LogP contribution in [-0.2, 0) is 0 Å². The van der Waals surface area contributed by atoms with E-state index >= 15 is 0 Å². The second-order valence-electron chi connectivity index (χ2n) is 5.94. The first kappa shape index (κ1) is 11.8. The van der Waals surface area contributed by atoms with E-state index in [1.54, 1.807) is 0 Å². The number of fused-ring (bicyclic) bond motifs is 2. The zero-order valence-electron chi connectivity index (χ0n) is 11.2. The molecule has 98 valence electrons. The van der Waals surface area contributed by atoms with Crippen LogP contribution in [0.25, 0.3) is 0 Å². The average molecular weight is 246 g/mol. The number of likely N-dealkylation sites (N-methyl/N-ethyl adjacent to an activating group) is 1. The second-order valence-corrected chi connectivity index (χ2v) is 5.94. The maximum atomic E-state index is 6.24. The summed E-state index contributed by atoms with van der Waals surface area (Å²) in [7, 11) is 4.34. The van der Waals surface area contributed by atoms with Gasteiger partial charge in [0.2, 0.25) is 0 Å². The molecule has 0 heterocycles. The lowest BCUT2D eigenvalue weighted by atomic mass is 9.91. The molecule has 1 aromatic carbocycles. The van der Waals surface area contributed by atoms with Crippen LogP contribution in [0.15, 0.2) is 24.3 Å². The van der Waals surface area contributed by atoms with Gasteiger partial charge in [0.05, 0.1) is 0 Å². The maximum Gasteiger partial charge on any atom is 0.119 e. The van der Waals surface area contributed by atoms with Crippen LogP contribution in [0.4, 0.5) is 5.69 Å². The molecule has 3 rings (SSSR count). The van der Waals surface area contributed by atoms with Crippen LogP contribution in [0.3, 0.4) is 0 Å². The highest BCUT2D eigenvalue weighted by Crippen LogP contribution is 2.47. The monoisotopic (exact) mass is 246 g/mol. The zero-order chi connectivity index (χ0) is 12.7. The summed E-state index contributed by atoms with van der Waals surface area (Å²) in [6.07, 6.45) is 4.38. The van der Waals surface area contributed by atoms with Crippen molar-refractivity contribution in [1.82, 2.24) is 4.90 Å². The van der Waals surface area contributed by atoms with Gasteiger partial charge in [-0.3, -0.25) is 0 Å². The lowest BCUT2D eigenvalue weighted by Crippen LogP contribution is -2.46. The Morgan fingerprint density at radius 1 is 1.11 bits per heavy atom. The highest BCUT2D eigenvalue weighted by molar-refractivity contribution is 5.41. The lowest BCUT2D eigenvalue weighted by molar-refractivity contribution is 0.0538. The van der Waals surface area contributed by atoms with Crippen LogP contribution in [0.5, 0.6) is 5.75 Å². The molecule has 0 spiro atoms. The van der Waals surface area contributed by atoms with Gasteiger partial charge in [0.1, 0.15) is 11.9 Å². The summed E-state index contributed by atoms with van der Waals surface area (Å²) >= 11 is 0. The van der Waals surface area contributed by atoms with E-state index in [-0.39, 0.29) is 0 Å². The molecule has 3 nitrogen and oxygen atoms in total. The number of anilines is 1. The summed E-state index contributed by atoms with van der Waals surface area (Å²) in [5, 5.41) is 0. The Morgan fingerprint density at radius 3 is 2.44 bits per heavy atom. The number of nitrogen functional groups attached to an aromatic ring is 1. The maximum absolute atomic E-state index is 6.24. The normalized spacial score (nSPS) is 34.2. The predicted octanol–water partition coefficient (Wildman–Crippen LogP) is 2.38. The molecule has 2 aliphatic rings. The highest BCUT2D eigenvalue weighted by atomic mass is 16.5. The standard InChI is InChI=1S/C15H22N2O/c1-17(2)14-10-3-4-11(9-10)15(14)18-13-7-5-12(16)6-8-13/h5-8,10-11,14-15H,3-4,9,16H2,1-2H3. The Balaban J connectivity index is 1.76. The molecular formula is C15H22N2O. The smallest absolute Gasteiger partial charge is 0.119 e. The van der Waals surface area contributed by atoms with Crippen molar-refractivity contribution in [2.75, 3.05) is 19.8 Å². The topological polar surface area (TPSA) is 38.5 Å². The number of benzene rings is 1. The van der Waals surface area contributed by atoms with Crippen molar-refractivity contribution >= 4 is 5.69 Å². The fourth-order valence-electron chi connectivity index (χ4n) is 3.79. The molecule has 18 heavy (non-hydrogen) atoms. The van der Waals surface area contributed by atoms with Crippen molar-refractivity contribution in [2.45, 2.75) is 31.4 Å². The van der Waals surface area contributed by atoms with Crippen LogP contribution in [0, 0.1) is 11.8 Å². The lowest BCUT2D eigenvalue weighted by Gasteiger charge is -2.35. The molecule has 0 saturated heterocycles. The number of hydrogen-bond donors (Lipinski definition) is 1. The summed E-state index contributed by atoms with van der Waals surface area (Å²) < 4.78 is 6.24. The first-order valence-corrected chi connectivity index (χ1v) is 6.84. The van der Waals surface area contributed by atoms with Crippen molar-refractivity contribution in [3.63, 3.8) is 0 Å². The molecule has 4 unspecified atom stereocenters. The predicted molar refractivity (Wildman–Crippen MR) is 73.6 cm³/mol. The van der Waals surface area contributed by atoms with Crippen molar-refractivity contribution < 1.29 is 4.74 Å². The number of nitrogens with two attached hydrogens (primary N) is 1. The first-order valence-electron chi connectivity index (χ1n) is 6.84. The summed E-state index contributed by atoms with van der Waals surface area (Å²) in [4.78, 5) is 2.34. The van der Waals surface area contributed by atoms with E-state index in [9.17, 15) is 0 Å². The molecule has 2 aliphatic carbocycles. The minimum atomic E-state index is 0.349. The van der Waals surface area contributed by atoms with Crippen molar-refractivity contribution in [3.8, 4) is 5.75 Å². The van der Waals surface area contributed by atoms with Gasteiger partial charge in [-0.15, -0.1) is 0 Å². The number of ether oxygens (including phenoxy) is 1. The summed E-state index contributed by atoms with van der Waals surface area (Å²) in [6, 6.07) is 8.35. The van der Waals surface area contributed by atoms with E-state index in [2.05, 4.69) is 19.0 Å². The van der Waals surface area contributed by atoms with Crippen LogP contribution >= 0.6 is 0 Å². The summed E-state index contributed by atoms with van der Waals surface area (Å²) in [5.41, 5.74) is 6.50. The molecule has 2 N–H and O–H groups in total. The molecule has 1 aromatic rings. The van der Waals surface area contributed by atoms with E-state index in [1.807, 2.05) is 24.3 Å². The van der Waals surface area contributed by atoms with E-state index in [1.165, 1.54) is 19.3 Å². The Bertz CT molecular complexity index is 415. The van der Waals surface area contributed by atoms with Gasteiger partial charge >= 0.3 is 0 Å². The third-order valence-corrected chi connectivity index (χ3v) is 4.55. The van der Waals surface area contributed by atoms with Gasteiger partial charge in [-0.25, -0.2) is 0 Å². The molecule has 0 radical (unpaired) electrons. The molecule has 0 aromatic heterocycles. The van der Waals surface area contributed by atoms with E-state index in [0.717, 1.165) is 23.3 Å². The van der Waals surface area contributed by atoms with Gasteiger partial charge in [0.15, 0.2) is 0 Å². The quantitative estimate of drug-likeness (QED) is 0.832. The number of hydrogen-bond acceptors (Lipinski definition) is 3. The second kappa shape index (κ2) is 4.47. The molecule has 3 heteroatoms. The highest BCUT2D eigenvalue weighted by Gasteiger charge is 2.49. The van der Waals surface area contributed by atoms with Crippen LogP contribution < -0.4 is 10.5 Å². The molecule has 2 saturated carbocycles. The summed E-state index contributed by atoms with van der Waals surface area (Å²) in [6.45, 7) is 0. The minimum Gasteiger partial charge on any atom is -0.489 e. The summed E-state index contributed by atoms with van der Waals surface area (Å²) in [5.74, 6) is 2.51. The number of rotatable bonds is 3. The Kier molecular flexibility index (Phi) is 2.94. The van der Waals surface area contributed by atoms with Gasteiger partial charge in [-0.05, 0) is 69.5 Å². The molecule has 0 amide bonds. The van der Waals surface area contributed by atoms with E-state index in [0.29, 0.717) is 12.1 Å². The van der Waals surface area contributed by atoms with Crippen molar-refractivity contribution in [2.24, 2.45) is 11.8 Å². The van der Waals surface area contributed by atoms with Gasteiger partial charge in [0.25, 0.3) is 0 Å². The number of nitrogens with zero attached hydrogens (tertiary/aromatic N) is 1. The minimum absolute atomic E-state index is 0.349. The Labute approximate surface area is 109 Å². The van der Waals surface area contributed by atoms with Crippen LogP contribution in [0.2, 0.25) is 0 Å². The Hall–Kier alpha value is -1.22. The zero-order valence-corrected chi connectivity index (χ0v) is 11.2. The molecule has 0 aliphatic heterocycles. The van der Waals surface area contributed by atoms with Gasteiger partial charge in [-0.1, -0.05) is 0 Å². The third-order valence-electron chi connectivity index (χ3n) is 4.55. The first-order chi connectivity index (χ1) is 8.65. The van der Waals surface area contributed by atoms with Crippen molar-refractivity contribution in [1.29, 1.82) is 0 Å². The third kappa shape index (κ3) is 1.97. The molecule has 2 fully saturated rings. The fraction of sp³-hybridized carbons (Fsp3) is 0.600. The average Bonchev–Trinajstić information content (AvgIpc) is 2.92. The largest absolute Gasteiger partial charge is 0.489 e.